The minimum atomic E-state index is -0.510. The molecule has 0 fully saturated rings. The van der Waals surface area contributed by atoms with Gasteiger partial charge in [-0.3, -0.25) is 9.59 Å². The standard InChI is InChI=1S/C18H17N3O2/c1-11-12(17(19)22)7-5-8-15(11)20-18(23)14-10-21(2)16-9-4-3-6-13(14)16/h3-10H,1-2H3,(H2,19,22)(H,20,23). The maximum Gasteiger partial charge on any atom is 0.257 e. The predicted molar refractivity (Wildman–Crippen MR) is 90.6 cm³/mol. The summed E-state index contributed by atoms with van der Waals surface area (Å²) >= 11 is 0. The van der Waals surface area contributed by atoms with Gasteiger partial charge in [0.15, 0.2) is 0 Å². The summed E-state index contributed by atoms with van der Waals surface area (Å²) < 4.78 is 1.91. The number of fused-ring (bicyclic) bond motifs is 1. The Labute approximate surface area is 133 Å². The zero-order valence-electron chi connectivity index (χ0n) is 13.0. The number of carbonyl (C=O) groups excluding carboxylic acids is 2. The van der Waals surface area contributed by atoms with E-state index >= 15 is 0 Å². The lowest BCUT2D eigenvalue weighted by molar-refractivity contribution is 0.0995. The molecule has 0 radical (unpaired) electrons. The van der Waals surface area contributed by atoms with Crippen molar-refractivity contribution in [3.05, 3.63) is 65.4 Å². The van der Waals surface area contributed by atoms with Crippen molar-refractivity contribution in [2.45, 2.75) is 6.92 Å². The number of carbonyl (C=O) groups is 2. The van der Waals surface area contributed by atoms with Crippen LogP contribution in [0, 0.1) is 6.92 Å². The normalized spacial score (nSPS) is 10.7. The van der Waals surface area contributed by atoms with Crippen molar-refractivity contribution in [3.63, 3.8) is 0 Å². The molecule has 3 N–H and O–H groups in total. The molecule has 0 aliphatic rings. The lowest BCUT2D eigenvalue weighted by Gasteiger charge is -2.10. The van der Waals surface area contributed by atoms with E-state index in [1.165, 1.54) is 0 Å². The number of nitrogens with one attached hydrogen (secondary N) is 1. The number of aryl methyl sites for hydroxylation is 1. The number of anilines is 1. The van der Waals surface area contributed by atoms with Crippen molar-refractivity contribution >= 4 is 28.4 Å². The fourth-order valence-electron chi connectivity index (χ4n) is 2.75. The van der Waals surface area contributed by atoms with Crippen molar-refractivity contribution in [2.75, 3.05) is 5.32 Å². The number of para-hydroxylation sites is 1. The van der Waals surface area contributed by atoms with E-state index in [9.17, 15) is 9.59 Å². The molecule has 0 atom stereocenters. The van der Waals surface area contributed by atoms with Gasteiger partial charge in [0.2, 0.25) is 5.91 Å². The van der Waals surface area contributed by atoms with Crippen LogP contribution in [0.2, 0.25) is 0 Å². The van der Waals surface area contributed by atoms with E-state index in [0.717, 1.165) is 10.9 Å². The van der Waals surface area contributed by atoms with Gasteiger partial charge in [0, 0.05) is 35.4 Å². The monoisotopic (exact) mass is 307 g/mol. The molecule has 2 amide bonds. The first-order valence-corrected chi connectivity index (χ1v) is 7.24. The van der Waals surface area contributed by atoms with E-state index in [4.69, 9.17) is 5.73 Å². The first-order valence-electron chi connectivity index (χ1n) is 7.24. The Morgan fingerprint density at radius 1 is 1.04 bits per heavy atom. The Morgan fingerprint density at radius 2 is 1.78 bits per heavy atom. The second-order valence-electron chi connectivity index (χ2n) is 5.47. The summed E-state index contributed by atoms with van der Waals surface area (Å²) in [4.78, 5) is 24.0. The number of rotatable bonds is 3. The van der Waals surface area contributed by atoms with Gasteiger partial charge < -0.3 is 15.6 Å². The molecular weight excluding hydrogens is 290 g/mol. The summed E-state index contributed by atoms with van der Waals surface area (Å²) in [7, 11) is 1.90. The molecule has 23 heavy (non-hydrogen) atoms. The minimum Gasteiger partial charge on any atom is -0.366 e. The molecule has 2 aromatic carbocycles. The predicted octanol–water partition coefficient (Wildman–Crippen LogP) is 2.84. The number of nitrogens with zero attached hydrogens (tertiary/aromatic N) is 1. The van der Waals surface area contributed by atoms with Gasteiger partial charge in [-0.1, -0.05) is 24.3 Å². The van der Waals surface area contributed by atoms with Crippen LogP contribution in [0.4, 0.5) is 5.69 Å². The Hall–Kier alpha value is -3.08. The fraction of sp³-hybridized carbons (Fsp3) is 0.111. The Bertz CT molecular complexity index is 925. The molecule has 3 rings (SSSR count). The molecule has 0 saturated heterocycles. The summed E-state index contributed by atoms with van der Waals surface area (Å²) in [5.41, 5.74) is 8.57. The molecule has 0 unspecified atom stereocenters. The average Bonchev–Trinajstić information content (AvgIpc) is 2.87. The zero-order chi connectivity index (χ0) is 16.6. The van der Waals surface area contributed by atoms with Crippen molar-refractivity contribution in [1.29, 1.82) is 0 Å². The van der Waals surface area contributed by atoms with Gasteiger partial charge in [0.25, 0.3) is 5.91 Å². The number of primary amides is 1. The van der Waals surface area contributed by atoms with Crippen LogP contribution < -0.4 is 11.1 Å². The van der Waals surface area contributed by atoms with Crippen LogP contribution in [0.25, 0.3) is 10.9 Å². The van der Waals surface area contributed by atoms with Crippen LogP contribution >= 0.6 is 0 Å². The van der Waals surface area contributed by atoms with E-state index in [2.05, 4.69) is 5.32 Å². The van der Waals surface area contributed by atoms with E-state index in [0.29, 0.717) is 22.4 Å². The van der Waals surface area contributed by atoms with Crippen LogP contribution in [0.1, 0.15) is 26.3 Å². The highest BCUT2D eigenvalue weighted by atomic mass is 16.2. The maximum absolute atomic E-state index is 12.6. The van der Waals surface area contributed by atoms with Crippen LogP contribution in [-0.2, 0) is 7.05 Å². The van der Waals surface area contributed by atoms with Crippen molar-refractivity contribution < 1.29 is 9.59 Å². The van der Waals surface area contributed by atoms with Crippen LogP contribution in [-0.4, -0.2) is 16.4 Å². The number of nitrogens with two attached hydrogens (primary N) is 1. The molecule has 0 saturated carbocycles. The fourth-order valence-corrected chi connectivity index (χ4v) is 2.75. The average molecular weight is 307 g/mol. The third kappa shape index (κ3) is 2.57. The van der Waals surface area contributed by atoms with E-state index in [1.807, 2.05) is 35.9 Å². The van der Waals surface area contributed by atoms with Crippen molar-refractivity contribution in [1.82, 2.24) is 4.57 Å². The van der Waals surface area contributed by atoms with Crippen molar-refractivity contribution in [2.24, 2.45) is 12.8 Å². The summed E-state index contributed by atoms with van der Waals surface area (Å²) in [5, 5.41) is 3.75. The lowest BCUT2D eigenvalue weighted by Crippen LogP contribution is -2.16. The second kappa shape index (κ2) is 5.61. The smallest absolute Gasteiger partial charge is 0.257 e. The Morgan fingerprint density at radius 3 is 2.52 bits per heavy atom. The molecule has 5 nitrogen and oxygen atoms in total. The summed E-state index contributed by atoms with van der Waals surface area (Å²) in [6, 6.07) is 12.8. The van der Waals surface area contributed by atoms with Gasteiger partial charge in [-0.25, -0.2) is 0 Å². The highest BCUT2D eigenvalue weighted by Crippen LogP contribution is 2.23. The van der Waals surface area contributed by atoms with E-state index in [-0.39, 0.29) is 5.91 Å². The number of hydrogen-bond donors (Lipinski definition) is 2. The first-order chi connectivity index (χ1) is 11.0. The topological polar surface area (TPSA) is 77.1 Å². The molecule has 1 heterocycles. The highest BCUT2D eigenvalue weighted by molar-refractivity contribution is 6.13. The van der Waals surface area contributed by atoms with Crippen LogP contribution in [0.3, 0.4) is 0 Å². The molecular formula is C18H17N3O2. The molecule has 116 valence electrons. The van der Waals surface area contributed by atoms with E-state index < -0.39 is 5.91 Å². The SMILES string of the molecule is Cc1c(NC(=O)c2cn(C)c3ccccc23)cccc1C(N)=O. The number of benzene rings is 2. The highest BCUT2D eigenvalue weighted by Gasteiger charge is 2.16. The first kappa shape index (κ1) is 14.8. The van der Waals surface area contributed by atoms with Gasteiger partial charge >= 0.3 is 0 Å². The summed E-state index contributed by atoms with van der Waals surface area (Å²) in [6.45, 7) is 1.76. The zero-order valence-corrected chi connectivity index (χ0v) is 13.0. The molecule has 1 aromatic heterocycles. The summed E-state index contributed by atoms with van der Waals surface area (Å²) in [6.07, 6.45) is 1.80. The van der Waals surface area contributed by atoms with E-state index in [1.54, 1.807) is 31.3 Å². The maximum atomic E-state index is 12.6. The number of hydrogen-bond acceptors (Lipinski definition) is 2. The second-order valence-corrected chi connectivity index (χ2v) is 5.47. The molecule has 0 bridgehead atoms. The molecule has 5 heteroatoms. The van der Waals surface area contributed by atoms with Gasteiger partial charge in [-0.05, 0) is 30.7 Å². The number of amides is 2. The Balaban J connectivity index is 1.99. The van der Waals surface area contributed by atoms with Gasteiger partial charge in [0.05, 0.1) is 5.56 Å². The lowest BCUT2D eigenvalue weighted by atomic mass is 10.1. The summed E-state index contributed by atoms with van der Waals surface area (Å²) in [5.74, 6) is -0.727. The largest absolute Gasteiger partial charge is 0.366 e. The van der Waals surface area contributed by atoms with Gasteiger partial charge in [0.1, 0.15) is 0 Å². The quantitative estimate of drug-likeness (QED) is 0.780. The third-order valence-electron chi connectivity index (χ3n) is 3.99. The molecule has 3 aromatic rings. The van der Waals surface area contributed by atoms with Gasteiger partial charge in [-0.15, -0.1) is 0 Å². The number of aromatic nitrogens is 1. The minimum absolute atomic E-state index is 0.216. The van der Waals surface area contributed by atoms with Crippen LogP contribution in [0.15, 0.2) is 48.7 Å². The molecule has 0 spiro atoms. The Kier molecular flexibility index (Phi) is 3.62. The van der Waals surface area contributed by atoms with Crippen molar-refractivity contribution in [3.8, 4) is 0 Å². The van der Waals surface area contributed by atoms with Gasteiger partial charge in [-0.2, -0.15) is 0 Å². The third-order valence-corrected chi connectivity index (χ3v) is 3.99. The molecule has 0 aliphatic heterocycles. The molecule has 0 aliphatic carbocycles. The van der Waals surface area contributed by atoms with Crippen LogP contribution in [0.5, 0.6) is 0 Å².